The number of benzene rings is 2. The molecule has 27 heavy (non-hydrogen) atoms. The molecule has 2 aromatic carbocycles. The molecule has 1 unspecified atom stereocenters. The second kappa shape index (κ2) is 7.40. The second-order valence-electron chi connectivity index (χ2n) is 6.37. The van der Waals surface area contributed by atoms with Crippen molar-refractivity contribution in [1.29, 1.82) is 0 Å². The summed E-state index contributed by atoms with van der Waals surface area (Å²) in [6, 6.07) is 14.7. The fraction of sp³-hybridized carbons (Fsp3) is 0.190. The lowest BCUT2D eigenvalue weighted by atomic mass is 10.0. The van der Waals surface area contributed by atoms with Gasteiger partial charge in [-0.1, -0.05) is 48.6 Å². The molecule has 0 saturated heterocycles. The van der Waals surface area contributed by atoms with Crippen molar-refractivity contribution < 1.29 is 14.7 Å². The summed E-state index contributed by atoms with van der Waals surface area (Å²) in [4.78, 5) is 30.4. The van der Waals surface area contributed by atoms with Crippen LogP contribution in [0.3, 0.4) is 0 Å². The van der Waals surface area contributed by atoms with Crippen molar-refractivity contribution in [2.24, 2.45) is 4.99 Å². The van der Waals surface area contributed by atoms with Gasteiger partial charge in [0.2, 0.25) is 0 Å². The van der Waals surface area contributed by atoms with Crippen molar-refractivity contribution >= 4 is 46.5 Å². The molecule has 0 aliphatic carbocycles. The fourth-order valence-corrected chi connectivity index (χ4v) is 4.27. The van der Waals surface area contributed by atoms with Crippen LogP contribution < -0.4 is 4.90 Å². The quantitative estimate of drug-likeness (QED) is 0.878. The summed E-state index contributed by atoms with van der Waals surface area (Å²) in [5.41, 5.74) is 3.38. The third-order valence-corrected chi connectivity index (χ3v) is 5.77. The van der Waals surface area contributed by atoms with Crippen LogP contribution in [-0.4, -0.2) is 40.4 Å². The van der Waals surface area contributed by atoms with E-state index in [0.717, 1.165) is 21.9 Å². The van der Waals surface area contributed by atoms with Gasteiger partial charge in [-0.15, -0.1) is 11.8 Å². The van der Waals surface area contributed by atoms with Gasteiger partial charge in [0.25, 0.3) is 5.91 Å². The van der Waals surface area contributed by atoms with Crippen LogP contribution in [0, 0.1) is 0 Å². The van der Waals surface area contributed by atoms with Gasteiger partial charge >= 0.3 is 5.97 Å². The third kappa shape index (κ3) is 3.53. The number of carboxylic acids is 1. The van der Waals surface area contributed by atoms with Crippen LogP contribution in [0.1, 0.15) is 27.9 Å². The van der Waals surface area contributed by atoms with Crippen molar-refractivity contribution in [1.82, 2.24) is 0 Å². The number of carbonyl (C=O) groups excluding carboxylic acids is 1. The Labute approximate surface area is 161 Å². The molecule has 6 heteroatoms. The average Bonchev–Trinajstić information content (AvgIpc) is 3.16. The predicted molar refractivity (Wildman–Crippen MR) is 109 cm³/mol. The van der Waals surface area contributed by atoms with E-state index in [9.17, 15) is 9.59 Å². The van der Waals surface area contributed by atoms with Gasteiger partial charge in [-0.05, 0) is 23.3 Å². The molecular weight excluding hydrogens is 360 g/mol. The lowest BCUT2D eigenvalue weighted by Crippen LogP contribution is -2.34. The van der Waals surface area contributed by atoms with Gasteiger partial charge in [-0.2, -0.15) is 0 Å². The van der Waals surface area contributed by atoms with Gasteiger partial charge in [0, 0.05) is 24.3 Å². The highest BCUT2D eigenvalue weighted by atomic mass is 32.2. The highest BCUT2D eigenvalue weighted by Crippen LogP contribution is 2.29. The van der Waals surface area contributed by atoms with E-state index in [-0.39, 0.29) is 5.91 Å². The van der Waals surface area contributed by atoms with E-state index in [4.69, 9.17) is 5.11 Å². The van der Waals surface area contributed by atoms with Crippen LogP contribution in [0.4, 0.5) is 5.69 Å². The van der Waals surface area contributed by atoms with E-state index in [2.05, 4.69) is 4.99 Å². The number of fused-ring (bicyclic) bond motifs is 2. The Kier molecular flexibility index (Phi) is 4.81. The smallest absolute Gasteiger partial charge is 0.329 e. The Morgan fingerprint density at radius 3 is 2.59 bits per heavy atom. The van der Waals surface area contributed by atoms with Crippen molar-refractivity contribution in [3.05, 3.63) is 65.2 Å². The highest BCUT2D eigenvalue weighted by molar-refractivity contribution is 8.14. The van der Waals surface area contributed by atoms with E-state index in [1.807, 2.05) is 60.7 Å². The monoisotopic (exact) mass is 378 g/mol. The van der Waals surface area contributed by atoms with Crippen LogP contribution in [0.5, 0.6) is 0 Å². The molecule has 1 amide bonds. The molecule has 2 heterocycles. The summed E-state index contributed by atoms with van der Waals surface area (Å²) in [6.45, 7) is 0.455. The molecule has 2 aliphatic heterocycles. The number of hydrogen-bond donors (Lipinski definition) is 1. The van der Waals surface area contributed by atoms with Gasteiger partial charge < -0.3 is 10.0 Å². The van der Waals surface area contributed by atoms with Gasteiger partial charge in [0.1, 0.15) is 0 Å². The standard InChI is InChI=1S/C21H18N2O3S/c24-20-16-7-3-1-5-14(16)9-10-15-6-2-4-8-18(15)23(20)12-11-19-22-17(13-27-19)21(25)26/h1-10,17H,11-13H2,(H,25,26). The van der Waals surface area contributed by atoms with E-state index in [1.54, 1.807) is 4.90 Å². The number of thioether (sulfide) groups is 1. The number of carbonyl (C=O) groups is 2. The number of rotatable bonds is 4. The van der Waals surface area contributed by atoms with Crippen LogP contribution >= 0.6 is 11.8 Å². The van der Waals surface area contributed by atoms with Gasteiger partial charge in [-0.3, -0.25) is 9.79 Å². The molecular formula is C21H18N2O3S. The minimum absolute atomic E-state index is 0.0548. The first-order valence-corrected chi connectivity index (χ1v) is 9.72. The lowest BCUT2D eigenvalue weighted by Gasteiger charge is -2.26. The predicted octanol–water partition coefficient (Wildman–Crippen LogP) is 3.81. The lowest BCUT2D eigenvalue weighted by molar-refractivity contribution is -0.137. The number of carboxylic acid groups (broad SMARTS) is 1. The maximum atomic E-state index is 13.3. The zero-order valence-corrected chi connectivity index (χ0v) is 15.4. The number of aliphatic imine (C=N–C) groups is 1. The SMILES string of the molecule is O=C(O)C1CSC(CCN2C(=O)c3ccccc3C=Cc3ccccc32)=N1. The normalized spacial score (nSPS) is 18.4. The number of nitrogens with zero attached hydrogens (tertiary/aromatic N) is 2. The van der Waals surface area contributed by atoms with Crippen molar-refractivity contribution in [3.63, 3.8) is 0 Å². The summed E-state index contributed by atoms with van der Waals surface area (Å²) >= 11 is 1.46. The summed E-state index contributed by atoms with van der Waals surface area (Å²) in [6.07, 6.45) is 4.54. The summed E-state index contributed by atoms with van der Waals surface area (Å²) in [5.74, 6) is -0.495. The second-order valence-corrected chi connectivity index (χ2v) is 7.47. The Bertz CT molecular complexity index is 967. The number of aliphatic carboxylic acids is 1. The maximum absolute atomic E-state index is 13.3. The fourth-order valence-electron chi connectivity index (χ4n) is 3.26. The van der Waals surface area contributed by atoms with Gasteiger partial charge in [0.15, 0.2) is 6.04 Å². The molecule has 0 bridgehead atoms. The first-order chi connectivity index (χ1) is 13.1. The molecule has 5 nitrogen and oxygen atoms in total. The number of anilines is 1. The summed E-state index contributed by atoms with van der Waals surface area (Å²) < 4.78 is 0. The van der Waals surface area contributed by atoms with Crippen LogP contribution in [0.25, 0.3) is 12.2 Å². The molecule has 0 radical (unpaired) electrons. The molecule has 0 fully saturated rings. The van der Waals surface area contributed by atoms with Crippen LogP contribution in [0.2, 0.25) is 0 Å². The molecule has 136 valence electrons. The molecule has 4 rings (SSSR count). The summed E-state index contributed by atoms with van der Waals surface area (Å²) in [7, 11) is 0. The van der Waals surface area contributed by atoms with Crippen molar-refractivity contribution in [2.45, 2.75) is 12.5 Å². The third-order valence-electron chi connectivity index (χ3n) is 4.65. The van der Waals surface area contributed by atoms with E-state index in [1.165, 1.54) is 11.8 Å². The molecule has 1 N–H and O–H groups in total. The minimum atomic E-state index is -0.899. The Hall–Kier alpha value is -2.86. The number of amides is 1. The highest BCUT2D eigenvalue weighted by Gasteiger charge is 2.27. The molecule has 0 spiro atoms. The van der Waals surface area contributed by atoms with E-state index < -0.39 is 12.0 Å². The summed E-state index contributed by atoms with van der Waals surface area (Å²) in [5, 5.41) is 9.90. The first-order valence-electron chi connectivity index (χ1n) is 8.74. The molecule has 2 aliphatic rings. The number of para-hydroxylation sites is 1. The Morgan fingerprint density at radius 2 is 1.81 bits per heavy atom. The molecule has 0 aromatic heterocycles. The van der Waals surface area contributed by atoms with Gasteiger partial charge in [0.05, 0.1) is 10.7 Å². The molecule has 1 atom stereocenters. The first kappa shape index (κ1) is 17.5. The van der Waals surface area contributed by atoms with E-state index in [0.29, 0.717) is 24.3 Å². The topological polar surface area (TPSA) is 70.0 Å². The van der Waals surface area contributed by atoms with Crippen LogP contribution in [-0.2, 0) is 4.79 Å². The van der Waals surface area contributed by atoms with E-state index >= 15 is 0 Å². The largest absolute Gasteiger partial charge is 0.480 e. The average molecular weight is 378 g/mol. The Morgan fingerprint density at radius 1 is 1.11 bits per heavy atom. The van der Waals surface area contributed by atoms with Gasteiger partial charge in [-0.25, -0.2) is 4.79 Å². The number of hydrogen-bond acceptors (Lipinski definition) is 4. The maximum Gasteiger partial charge on any atom is 0.329 e. The Balaban J connectivity index is 1.66. The minimum Gasteiger partial charge on any atom is -0.480 e. The molecule has 2 aromatic rings. The zero-order chi connectivity index (χ0) is 18.8. The zero-order valence-electron chi connectivity index (χ0n) is 14.5. The van der Waals surface area contributed by atoms with Crippen LogP contribution in [0.15, 0.2) is 53.5 Å². The molecule has 0 saturated carbocycles. The van der Waals surface area contributed by atoms with Crippen molar-refractivity contribution in [3.8, 4) is 0 Å². The van der Waals surface area contributed by atoms with Crippen molar-refractivity contribution in [2.75, 3.05) is 17.2 Å².